The molecule has 3 aromatic rings. The molecule has 0 saturated heterocycles. The second-order valence-corrected chi connectivity index (χ2v) is 8.70. The highest BCUT2D eigenvalue weighted by atomic mass is 32.1. The maximum absolute atomic E-state index is 14.8. The number of nitrogens with two attached hydrogens (primary N) is 1. The number of ether oxygens (including phenoxy) is 1. The largest absolute Gasteiger partial charge is 0.491 e. The van der Waals surface area contributed by atoms with Crippen LogP contribution in [0.4, 0.5) is 4.39 Å². The van der Waals surface area contributed by atoms with E-state index in [4.69, 9.17) is 15.0 Å². The fourth-order valence-electron chi connectivity index (χ4n) is 3.18. The lowest BCUT2D eigenvalue weighted by Crippen LogP contribution is -2.24. The molecular formula is C21H20FN5O4S. The van der Waals surface area contributed by atoms with Gasteiger partial charge in [0.15, 0.2) is 10.6 Å². The van der Waals surface area contributed by atoms with Crippen LogP contribution in [0.15, 0.2) is 16.7 Å². The topological polar surface area (TPSA) is 128 Å². The Morgan fingerprint density at radius 1 is 1.41 bits per heavy atom. The van der Waals surface area contributed by atoms with Gasteiger partial charge in [-0.3, -0.25) is 9.69 Å². The van der Waals surface area contributed by atoms with Gasteiger partial charge in [-0.25, -0.2) is 9.37 Å². The number of likely N-dealkylation sites (N-methyl/N-ethyl adjacent to an activating group) is 1. The molecule has 2 atom stereocenters. The van der Waals surface area contributed by atoms with E-state index in [9.17, 15) is 14.3 Å². The smallest absolute Gasteiger partial charge is 0.277 e. The van der Waals surface area contributed by atoms with Crippen LogP contribution in [0.25, 0.3) is 11.3 Å². The average Bonchev–Trinajstić information content (AvgIpc) is 3.32. The van der Waals surface area contributed by atoms with Gasteiger partial charge >= 0.3 is 0 Å². The number of aromatic nitrogens is 3. The first kappa shape index (κ1) is 21.9. The zero-order chi connectivity index (χ0) is 23.2. The SMILES string of the molecule is Cc1nc([C@](C)(O)C#Cc2cc3c(cc2F)OC[C@H](N(C)C)c2sc(C(N)=O)nc2-3)no1. The van der Waals surface area contributed by atoms with Gasteiger partial charge in [0.2, 0.25) is 11.7 Å². The van der Waals surface area contributed by atoms with E-state index in [1.807, 2.05) is 19.0 Å². The van der Waals surface area contributed by atoms with E-state index in [0.29, 0.717) is 11.3 Å². The third-order valence-electron chi connectivity index (χ3n) is 4.91. The van der Waals surface area contributed by atoms with Crippen molar-refractivity contribution in [3.05, 3.63) is 45.1 Å². The normalized spacial score (nSPS) is 16.8. The van der Waals surface area contributed by atoms with Crippen molar-refractivity contribution in [2.24, 2.45) is 5.73 Å². The summed E-state index contributed by atoms with van der Waals surface area (Å²) in [5, 5.41) is 14.4. The number of aliphatic hydroxyl groups is 1. The summed E-state index contributed by atoms with van der Waals surface area (Å²) in [7, 11) is 3.74. The molecule has 0 saturated carbocycles. The number of thiazole rings is 1. The summed E-state index contributed by atoms with van der Waals surface area (Å²) in [5.74, 6) is 4.48. The monoisotopic (exact) mass is 457 g/mol. The summed E-state index contributed by atoms with van der Waals surface area (Å²) in [5.41, 5.74) is 4.67. The molecule has 3 N–H and O–H groups in total. The van der Waals surface area contributed by atoms with Crippen LogP contribution in [-0.2, 0) is 5.60 Å². The number of aryl methyl sites for hydroxylation is 1. The predicted octanol–water partition coefficient (Wildman–Crippen LogP) is 1.99. The van der Waals surface area contributed by atoms with Crippen LogP contribution in [-0.4, -0.2) is 51.7 Å². The van der Waals surface area contributed by atoms with Crippen molar-refractivity contribution in [1.29, 1.82) is 0 Å². The molecule has 166 valence electrons. The molecule has 4 rings (SSSR count). The summed E-state index contributed by atoms with van der Waals surface area (Å²) < 4.78 is 25.6. The van der Waals surface area contributed by atoms with Gasteiger partial charge in [0.25, 0.3) is 5.91 Å². The highest BCUT2D eigenvalue weighted by Gasteiger charge is 2.31. The summed E-state index contributed by atoms with van der Waals surface area (Å²) in [4.78, 5) is 22.8. The highest BCUT2D eigenvalue weighted by Crippen LogP contribution is 2.43. The molecule has 32 heavy (non-hydrogen) atoms. The molecular weight excluding hydrogens is 437 g/mol. The zero-order valence-electron chi connectivity index (χ0n) is 17.8. The van der Waals surface area contributed by atoms with Crippen LogP contribution in [0.2, 0.25) is 0 Å². The Labute approximate surface area is 187 Å². The molecule has 1 aliphatic heterocycles. The van der Waals surface area contributed by atoms with Crippen molar-refractivity contribution in [1.82, 2.24) is 20.0 Å². The number of fused-ring (bicyclic) bond motifs is 3. The first-order chi connectivity index (χ1) is 15.1. The maximum atomic E-state index is 14.8. The van der Waals surface area contributed by atoms with Gasteiger partial charge in [0.1, 0.15) is 18.2 Å². The fourth-order valence-corrected chi connectivity index (χ4v) is 4.29. The Bertz CT molecular complexity index is 1270. The van der Waals surface area contributed by atoms with Gasteiger partial charge in [-0.1, -0.05) is 17.0 Å². The number of halogens is 1. The van der Waals surface area contributed by atoms with Crippen LogP contribution in [0.5, 0.6) is 5.75 Å². The highest BCUT2D eigenvalue weighted by molar-refractivity contribution is 7.14. The Morgan fingerprint density at radius 2 is 2.16 bits per heavy atom. The van der Waals surface area contributed by atoms with Crippen LogP contribution < -0.4 is 10.5 Å². The molecule has 0 spiro atoms. The van der Waals surface area contributed by atoms with Crippen molar-refractivity contribution in [2.45, 2.75) is 25.5 Å². The third-order valence-corrected chi connectivity index (χ3v) is 6.09. The van der Waals surface area contributed by atoms with E-state index in [-0.39, 0.29) is 40.7 Å². The fraction of sp³-hybridized carbons (Fsp3) is 0.333. The second-order valence-electron chi connectivity index (χ2n) is 7.67. The number of amides is 1. The first-order valence-electron chi connectivity index (χ1n) is 9.57. The van der Waals surface area contributed by atoms with E-state index in [1.54, 1.807) is 6.92 Å². The maximum Gasteiger partial charge on any atom is 0.277 e. The summed E-state index contributed by atoms with van der Waals surface area (Å²) in [6.45, 7) is 3.21. The van der Waals surface area contributed by atoms with Crippen molar-refractivity contribution in [3.8, 4) is 28.8 Å². The lowest BCUT2D eigenvalue weighted by atomic mass is 10.0. The number of carbonyl (C=O) groups is 1. The van der Waals surface area contributed by atoms with Crippen LogP contribution in [0, 0.1) is 24.6 Å². The Morgan fingerprint density at radius 3 is 2.78 bits per heavy atom. The number of nitrogens with zero attached hydrogens (tertiary/aromatic N) is 4. The summed E-state index contributed by atoms with van der Waals surface area (Å²) in [6.07, 6.45) is 0. The molecule has 1 amide bonds. The van der Waals surface area contributed by atoms with E-state index in [0.717, 1.165) is 4.88 Å². The zero-order valence-corrected chi connectivity index (χ0v) is 18.6. The number of rotatable bonds is 3. The Kier molecular flexibility index (Phi) is 5.46. The molecule has 3 heterocycles. The van der Waals surface area contributed by atoms with Gasteiger partial charge in [-0.05, 0) is 27.1 Å². The molecule has 2 aromatic heterocycles. The Hall–Kier alpha value is -3.33. The molecule has 0 unspecified atom stereocenters. The second kappa shape index (κ2) is 7.98. The van der Waals surface area contributed by atoms with Crippen molar-refractivity contribution < 1.29 is 23.6 Å². The number of primary amides is 1. The first-order valence-corrected chi connectivity index (χ1v) is 10.4. The molecule has 0 bridgehead atoms. The molecule has 11 heteroatoms. The van der Waals surface area contributed by atoms with E-state index < -0.39 is 17.3 Å². The number of hydrogen-bond acceptors (Lipinski definition) is 9. The van der Waals surface area contributed by atoms with Crippen LogP contribution in [0.3, 0.4) is 0 Å². The van der Waals surface area contributed by atoms with Gasteiger partial charge in [-0.2, -0.15) is 4.98 Å². The Balaban J connectivity index is 1.82. The van der Waals surface area contributed by atoms with Crippen LogP contribution >= 0.6 is 11.3 Å². The van der Waals surface area contributed by atoms with Gasteiger partial charge in [0.05, 0.1) is 22.2 Å². The standard InChI is InChI=1S/C21H20FN5O4S/c1-10-24-20(26-31-10)21(2,29)6-5-11-7-12-15(8-13(11)22)30-9-14(27(3)4)17-16(12)25-19(32-17)18(23)28/h7-8,14,29H,9H2,1-4H3,(H2,23,28)/t14-,21+/m0/s1. The minimum Gasteiger partial charge on any atom is -0.491 e. The van der Waals surface area contributed by atoms with Crippen LogP contribution in [0.1, 0.15) is 44.9 Å². The number of hydrogen-bond donors (Lipinski definition) is 2. The number of benzene rings is 1. The molecule has 1 aliphatic rings. The van der Waals surface area contributed by atoms with Gasteiger partial charge < -0.3 is 20.1 Å². The van der Waals surface area contributed by atoms with Crippen molar-refractivity contribution in [2.75, 3.05) is 20.7 Å². The molecule has 0 aliphatic carbocycles. The molecule has 1 aromatic carbocycles. The number of carbonyl (C=O) groups excluding carboxylic acids is 1. The minimum absolute atomic E-state index is 0.00993. The summed E-state index contributed by atoms with van der Waals surface area (Å²) in [6, 6.07) is 2.50. The molecule has 0 fully saturated rings. The quantitative estimate of drug-likeness (QED) is 0.572. The predicted molar refractivity (Wildman–Crippen MR) is 113 cm³/mol. The van der Waals surface area contributed by atoms with Gasteiger partial charge in [0, 0.05) is 18.6 Å². The molecule has 9 nitrogen and oxygen atoms in total. The van der Waals surface area contributed by atoms with Crippen molar-refractivity contribution in [3.63, 3.8) is 0 Å². The van der Waals surface area contributed by atoms with Crippen molar-refractivity contribution >= 4 is 17.2 Å². The third kappa shape index (κ3) is 3.95. The minimum atomic E-state index is -1.76. The van der Waals surface area contributed by atoms with E-state index >= 15 is 0 Å². The lowest BCUT2D eigenvalue weighted by Gasteiger charge is -2.21. The summed E-state index contributed by atoms with van der Waals surface area (Å²) >= 11 is 1.18. The molecule has 0 radical (unpaired) electrons. The lowest BCUT2D eigenvalue weighted by molar-refractivity contribution is 0.0999. The van der Waals surface area contributed by atoms with Gasteiger partial charge in [-0.15, -0.1) is 11.3 Å². The van der Waals surface area contributed by atoms with E-state index in [2.05, 4.69) is 27.0 Å². The van der Waals surface area contributed by atoms with E-state index in [1.165, 1.54) is 30.4 Å². The average molecular weight is 457 g/mol.